The van der Waals surface area contributed by atoms with Crippen molar-refractivity contribution in [2.75, 3.05) is 0 Å². The monoisotopic (exact) mass is 521 g/mol. The summed E-state index contributed by atoms with van der Waals surface area (Å²) < 4.78 is 1.92. The van der Waals surface area contributed by atoms with Gasteiger partial charge in [0.15, 0.2) is 0 Å². The molecule has 0 saturated heterocycles. The standard InChI is InChI=1S/C26H19N4.2ClH.Zn/c1-5-13-21(14-6-1)25-27-28-29-30(25)26(22-15-7-2-8-16-22,23-17-9-3-10-18-23)24-19-11-4-12-20-24;;;/h1-13,15-20H;2*1H;/q-1;;;+2/p-2. The number of benzene rings is 4. The number of aromatic nitrogens is 4. The number of nitrogens with zero attached hydrogens (tertiary/aromatic N) is 4. The first kappa shape index (κ1) is 23.3. The van der Waals surface area contributed by atoms with Crippen LogP contribution in [-0.2, 0) is 20.7 Å². The topological polar surface area (TPSA) is 43.6 Å². The Kier molecular flexibility index (Phi) is 8.01. The molecule has 4 aromatic carbocycles. The Balaban J connectivity index is 0.000000821. The van der Waals surface area contributed by atoms with Gasteiger partial charge in [-0.05, 0) is 21.9 Å². The zero-order valence-electron chi connectivity index (χ0n) is 17.7. The number of halogens is 2. The molecule has 0 unspecified atom stereocenters. The molecule has 0 N–H and O–H groups in total. The van der Waals surface area contributed by atoms with E-state index in [0.29, 0.717) is 5.82 Å². The van der Waals surface area contributed by atoms with Crippen LogP contribution in [0.25, 0.3) is 11.4 Å². The van der Waals surface area contributed by atoms with Crippen molar-refractivity contribution in [1.82, 2.24) is 20.2 Å². The summed E-state index contributed by atoms with van der Waals surface area (Å²) in [5.74, 6) is 0.659. The molecule has 1 aromatic heterocycles. The van der Waals surface area contributed by atoms with Crippen LogP contribution in [0, 0.1) is 6.07 Å². The van der Waals surface area contributed by atoms with Gasteiger partial charge in [-0.1, -0.05) is 96.2 Å². The van der Waals surface area contributed by atoms with Gasteiger partial charge in [0, 0.05) is 0 Å². The first-order valence-corrected chi connectivity index (χ1v) is 18.2. The summed E-state index contributed by atoms with van der Waals surface area (Å²) >= 11 is -0.931. The van der Waals surface area contributed by atoms with Gasteiger partial charge in [0.05, 0.1) is 0 Å². The molecule has 0 atom stereocenters. The predicted octanol–water partition coefficient (Wildman–Crippen LogP) is 6.36. The summed E-state index contributed by atoms with van der Waals surface area (Å²) in [6.45, 7) is 0. The van der Waals surface area contributed by atoms with Crippen molar-refractivity contribution in [1.29, 1.82) is 0 Å². The Morgan fingerprint density at radius 3 is 1.55 bits per heavy atom. The fourth-order valence-electron chi connectivity index (χ4n) is 4.02. The SMILES string of the molecule is [Cl][Zn][Cl].[c-]1ccccc1-c1nnnn1C(c1ccccc1)(c1ccccc1)c1ccccc1. The van der Waals surface area contributed by atoms with Gasteiger partial charge < -0.3 is 0 Å². The van der Waals surface area contributed by atoms with E-state index in [1.807, 2.05) is 47.1 Å². The van der Waals surface area contributed by atoms with Gasteiger partial charge in [-0.15, -0.1) is 35.9 Å². The number of hydrogen-bond acceptors (Lipinski definition) is 3. The van der Waals surface area contributed by atoms with Crippen LogP contribution < -0.4 is 0 Å². The summed E-state index contributed by atoms with van der Waals surface area (Å²) in [6.07, 6.45) is 0. The molecule has 0 spiro atoms. The van der Waals surface area contributed by atoms with Crippen LogP contribution in [0.3, 0.4) is 0 Å². The number of tetrazole rings is 1. The molecule has 0 saturated carbocycles. The van der Waals surface area contributed by atoms with Crippen LogP contribution in [0.2, 0.25) is 0 Å². The fraction of sp³-hybridized carbons (Fsp3) is 0.0385. The van der Waals surface area contributed by atoms with Crippen LogP contribution >= 0.6 is 19.4 Å². The zero-order chi connectivity index (χ0) is 22.9. The smallest absolute Gasteiger partial charge is 0.132 e. The van der Waals surface area contributed by atoms with Crippen LogP contribution in [0.5, 0.6) is 0 Å². The van der Waals surface area contributed by atoms with Crippen molar-refractivity contribution in [3.63, 3.8) is 0 Å². The van der Waals surface area contributed by atoms with Gasteiger partial charge in [-0.25, -0.2) is 4.68 Å². The average Bonchev–Trinajstić information content (AvgIpc) is 3.38. The minimum atomic E-state index is -0.931. The van der Waals surface area contributed by atoms with Gasteiger partial charge in [-0.3, -0.25) is 0 Å². The Morgan fingerprint density at radius 2 is 1.12 bits per heavy atom. The summed E-state index contributed by atoms with van der Waals surface area (Å²) in [7, 11) is 9.90. The first-order chi connectivity index (χ1) is 16.3. The molecule has 33 heavy (non-hydrogen) atoms. The van der Waals surface area contributed by atoms with E-state index in [2.05, 4.69) is 94.4 Å². The summed E-state index contributed by atoms with van der Waals surface area (Å²) in [4.78, 5) is 0. The van der Waals surface area contributed by atoms with Gasteiger partial charge in [0.1, 0.15) is 11.4 Å². The van der Waals surface area contributed by atoms with Crippen molar-refractivity contribution in [3.8, 4) is 11.4 Å². The molecule has 0 fully saturated rings. The Labute approximate surface area is 208 Å². The summed E-state index contributed by atoms with van der Waals surface area (Å²) in [6, 6.07) is 42.2. The summed E-state index contributed by atoms with van der Waals surface area (Å²) in [5, 5.41) is 13.0. The van der Waals surface area contributed by atoms with Crippen molar-refractivity contribution in [2.45, 2.75) is 5.54 Å². The maximum Gasteiger partial charge on any atom is 0.132 e. The Morgan fingerprint density at radius 1 is 0.667 bits per heavy atom. The average molecular weight is 524 g/mol. The van der Waals surface area contributed by atoms with Crippen molar-refractivity contribution in [2.24, 2.45) is 0 Å². The van der Waals surface area contributed by atoms with E-state index >= 15 is 0 Å². The van der Waals surface area contributed by atoms with Gasteiger partial charge in [-0.2, -0.15) is 5.10 Å². The number of hydrogen-bond donors (Lipinski definition) is 0. The molecule has 7 heteroatoms. The minimum Gasteiger partial charge on any atom is -0.246 e. The number of rotatable bonds is 5. The molecule has 4 nitrogen and oxygen atoms in total. The van der Waals surface area contributed by atoms with Crippen LogP contribution in [0.1, 0.15) is 16.7 Å². The molecule has 0 aliphatic rings. The molecule has 5 rings (SSSR count). The van der Waals surface area contributed by atoms with E-state index in [1.165, 1.54) is 0 Å². The Hall–Kier alpha value is -2.85. The third-order valence-electron chi connectivity index (χ3n) is 5.31. The second-order valence-corrected chi connectivity index (χ2v) is 11.7. The molecule has 0 aliphatic carbocycles. The summed E-state index contributed by atoms with van der Waals surface area (Å²) in [5.41, 5.74) is 3.33. The zero-order valence-corrected chi connectivity index (χ0v) is 22.2. The molecule has 160 valence electrons. The van der Waals surface area contributed by atoms with E-state index in [1.54, 1.807) is 0 Å². The van der Waals surface area contributed by atoms with Gasteiger partial charge in [0.25, 0.3) is 0 Å². The fourth-order valence-corrected chi connectivity index (χ4v) is 4.02. The second kappa shape index (κ2) is 11.3. The minimum absolute atomic E-state index is 0.659. The molecule has 0 bridgehead atoms. The van der Waals surface area contributed by atoms with E-state index in [9.17, 15) is 0 Å². The molecule has 1 heterocycles. The molecule has 0 aliphatic heterocycles. The van der Waals surface area contributed by atoms with Gasteiger partial charge >= 0.3 is 34.5 Å². The van der Waals surface area contributed by atoms with E-state index in [4.69, 9.17) is 19.4 Å². The molecular formula is C26H19Cl2N4Zn-. The first-order valence-electron chi connectivity index (χ1n) is 10.4. The van der Waals surface area contributed by atoms with Crippen molar-refractivity contribution in [3.05, 3.63) is 138 Å². The molecular weight excluding hydrogens is 505 g/mol. The molecule has 5 aromatic rings. The quantitative estimate of drug-likeness (QED) is 0.153. The third-order valence-corrected chi connectivity index (χ3v) is 5.31. The molecule has 0 radical (unpaired) electrons. The molecule has 0 amide bonds. The predicted molar refractivity (Wildman–Crippen MR) is 128 cm³/mol. The van der Waals surface area contributed by atoms with Crippen LogP contribution in [0.15, 0.2) is 115 Å². The Bertz CT molecular complexity index is 1150. The van der Waals surface area contributed by atoms with E-state index in [0.717, 1.165) is 22.3 Å². The maximum absolute atomic E-state index is 4.95. The van der Waals surface area contributed by atoms with Crippen molar-refractivity contribution < 1.29 is 15.1 Å². The maximum atomic E-state index is 4.95. The second-order valence-electron chi connectivity index (χ2n) is 7.10. The van der Waals surface area contributed by atoms with Gasteiger partial charge in [0.2, 0.25) is 0 Å². The van der Waals surface area contributed by atoms with E-state index in [-0.39, 0.29) is 0 Å². The largest absolute Gasteiger partial charge is 0.246 e. The normalized spacial score (nSPS) is 10.6. The van der Waals surface area contributed by atoms with Crippen LogP contribution in [-0.4, -0.2) is 20.2 Å². The third kappa shape index (κ3) is 4.77. The van der Waals surface area contributed by atoms with Crippen LogP contribution in [0.4, 0.5) is 0 Å². The van der Waals surface area contributed by atoms with Crippen molar-refractivity contribution >= 4 is 19.4 Å². The van der Waals surface area contributed by atoms with E-state index < -0.39 is 20.7 Å².